The van der Waals surface area contributed by atoms with Crippen LogP contribution >= 0.6 is 11.3 Å². The molecule has 1 aromatic heterocycles. The van der Waals surface area contributed by atoms with Gasteiger partial charge >= 0.3 is 22.4 Å². The molecule has 1 aliphatic heterocycles. The minimum Gasteiger partial charge on any atom is -0.478 e. The molecule has 1 aliphatic rings. The lowest BCUT2D eigenvalue weighted by Gasteiger charge is -2.43. The highest BCUT2D eigenvalue weighted by Gasteiger charge is 2.55. The molecule has 0 radical (unpaired) electrons. The molecule has 2 heterocycles. The normalized spacial score (nSPS) is 19.2. The van der Waals surface area contributed by atoms with Crippen LogP contribution in [0.5, 0.6) is 0 Å². The Morgan fingerprint density at radius 2 is 2.03 bits per heavy atom. The first kappa shape index (κ1) is 24.8. The van der Waals surface area contributed by atoms with E-state index in [4.69, 9.17) is 21.4 Å². The van der Waals surface area contributed by atoms with Gasteiger partial charge in [-0.05, 0) is 13.8 Å². The van der Waals surface area contributed by atoms with E-state index in [0.29, 0.717) is 0 Å². The number of oxime groups is 1. The van der Waals surface area contributed by atoms with Crippen LogP contribution in [0, 0.1) is 0 Å². The topological polar surface area (TPSA) is 254 Å². The van der Waals surface area contributed by atoms with E-state index in [1.165, 1.54) is 5.38 Å². The summed E-state index contributed by atoms with van der Waals surface area (Å²) in [7, 11) is -5.04. The second kappa shape index (κ2) is 8.93. The Kier molecular flexibility index (Phi) is 6.90. The first-order chi connectivity index (χ1) is 14.6. The number of hydrogen-bond acceptors (Lipinski definition) is 12. The monoisotopic (exact) mass is 494 g/mol. The van der Waals surface area contributed by atoms with E-state index >= 15 is 0 Å². The van der Waals surface area contributed by atoms with Crippen molar-refractivity contribution in [1.29, 1.82) is 0 Å². The Labute approximate surface area is 184 Å². The fourth-order valence-corrected chi connectivity index (χ4v) is 3.72. The van der Waals surface area contributed by atoms with Gasteiger partial charge in [0, 0.05) is 5.38 Å². The lowest BCUT2D eigenvalue weighted by Crippen LogP contribution is -2.73. The molecule has 0 bridgehead atoms. The molecular weight excluding hydrogens is 476 g/mol. The number of carboxylic acids is 1. The van der Waals surface area contributed by atoms with E-state index in [1.807, 2.05) is 0 Å². The number of nitrogen functional groups attached to an aromatic ring is 1. The number of carbonyl (C=O) groups excluding carboxylic acids is 3. The number of amides is 3. The minimum atomic E-state index is -5.04. The van der Waals surface area contributed by atoms with Crippen molar-refractivity contribution in [3.63, 3.8) is 0 Å². The zero-order valence-electron chi connectivity index (χ0n) is 16.4. The predicted molar refractivity (Wildman–Crippen MR) is 106 cm³/mol. The summed E-state index contributed by atoms with van der Waals surface area (Å²) in [5, 5.41) is 16.1. The van der Waals surface area contributed by atoms with Gasteiger partial charge in [-0.25, -0.2) is 18.9 Å². The molecule has 1 aromatic rings. The second-order valence-corrected chi connectivity index (χ2v) is 8.86. The summed E-state index contributed by atoms with van der Waals surface area (Å²) in [5.74, 6) is -3.78. The zero-order chi connectivity index (χ0) is 24.4. The minimum absolute atomic E-state index is 0.0113. The van der Waals surface area contributed by atoms with Crippen molar-refractivity contribution in [1.82, 2.24) is 14.6 Å². The molecule has 176 valence electrons. The Balaban J connectivity index is 2.32. The summed E-state index contributed by atoms with van der Waals surface area (Å²) in [6.45, 7) is 1.53. The molecule has 1 fully saturated rings. The zero-order valence-corrected chi connectivity index (χ0v) is 18.0. The van der Waals surface area contributed by atoms with E-state index in [2.05, 4.69) is 20.2 Å². The van der Waals surface area contributed by atoms with E-state index in [0.717, 1.165) is 25.2 Å². The molecule has 0 unspecified atom stereocenters. The second-order valence-electron chi connectivity index (χ2n) is 6.68. The number of rotatable bonds is 9. The fourth-order valence-electron chi connectivity index (χ4n) is 2.30. The maximum absolute atomic E-state index is 12.8. The number of aromatic nitrogens is 1. The number of carbonyl (C=O) groups is 4. The fraction of sp³-hybridized carbons (Fsp3) is 0.429. The quantitative estimate of drug-likeness (QED) is 0.107. The Morgan fingerprint density at radius 3 is 2.50 bits per heavy atom. The lowest BCUT2D eigenvalue weighted by molar-refractivity contribution is -0.161. The van der Waals surface area contributed by atoms with Gasteiger partial charge in [0.2, 0.25) is 5.60 Å². The number of thiazole rings is 1. The van der Waals surface area contributed by atoms with Gasteiger partial charge < -0.3 is 31.5 Å². The number of ether oxygens (including phenoxy) is 1. The maximum Gasteiger partial charge on any atom is 0.404 e. The van der Waals surface area contributed by atoms with Crippen LogP contribution < -0.4 is 16.8 Å². The molecule has 16 nitrogen and oxygen atoms in total. The number of carboxylic acid groups (broad SMARTS) is 1. The van der Waals surface area contributed by atoms with Crippen LogP contribution in [0.4, 0.5) is 9.93 Å². The van der Waals surface area contributed by atoms with Crippen molar-refractivity contribution in [3.05, 3.63) is 11.1 Å². The third kappa shape index (κ3) is 5.39. The van der Waals surface area contributed by atoms with Crippen molar-refractivity contribution < 1.29 is 46.8 Å². The van der Waals surface area contributed by atoms with Crippen molar-refractivity contribution in [3.8, 4) is 0 Å². The summed E-state index contributed by atoms with van der Waals surface area (Å²) < 4.78 is 36.4. The number of nitrogens with one attached hydrogen (secondary N) is 1. The number of primary amides is 1. The predicted octanol–water partition coefficient (Wildman–Crippen LogP) is -2.10. The Hall–Kier alpha value is -3.51. The third-order valence-corrected chi connectivity index (χ3v) is 5.58. The van der Waals surface area contributed by atoms with Gasteiger partial charge in [-0.2, -0.15) is 8.42 Å². The van der Waals surface area contributed by atoms with Crippen LogP contribution in [0.2, 0.25) is 0 Å². The van der Waals surface area contributed by atoms with Crippen molar-refractivity contribution in [2.75, 3.05) is 12.3 Å². The van der Waals surface area contributed by atoms with Crippen molar-refractivity contribution >= 4 is 56.4 Å². The molecule has 0 aromatic carbocycles. The van der Waals surface area contributed by atoms with Crippen LogP contribution in [0.15, 0.2) is 10.5 Å². The van der Waals surface area contributed by atoms with Crippen LogP contribution in [0.25, 0.3) is 0 Å². The molecule has 18 heteroatoms. The first-order valence-corrected chi connectivity index (χ1v) is 10.7. The largest absolute Gasteiger partial charge is 0.478 e. The maximum atomic E-state index is 12.8. The highest BCUT2D eigenvalue weighted by molar-refractivity contribution is 7.84. The van der Waals surface area contributed by atoms with Gasteiger partial charge in [-0.1, -0.05) is 5.16 Å². The van der Waals surface area contributed by atoms with Crippen LogP contribution in [-0.2, 0) is 34.3 Å². The number of hydrogen-bond donors (Lipinski definition) is 5. The highest BCUT2D eigenvalue weighted by atomic mass is 32.2. The van der Waals surface area contributed by atoms with Gasteiger partial charge in [0.15, 0.2) is 10.8 Å². The molecule has 0 aliphatic carbocycles. The Morgan fingerprint density at radius 1 is 1.41 bits per heavy atom. The molecule has 32 heavy (non-hydrogen) atoms. The smallest absolute Gasteiger partial charge is 0.404 e. The SMILES string of the molecule is CC(C)(O/N=C(/C(=O)N[C@H]1C(=O)N(S(=O)(=O)O)[C@H]1COC(N)=O)c1csc(N)n1)C(=O)O. The number of β-lactam (4-membered cyclic amide) rings is 1. The van der Waals surface area contributed by atoms with Crippen LogP contribution in [-0.4, -0.2) is 81.2 Å². The summed E-state index contributed by atoms with van der Waals surface area (Å²) in [5.41, 5.74) is 7.79. The average molecular weight is 494 g/mol. The number of anilines is 1. The van der Waals surface area contributed by atoms with E-state index < -0.39 is 64.2 Å². The molecular formula is C14H18N6O10S2. The molecule has 3 amide bonds. The lowest BCUT2D eigenvalue weighted by atomic mass is 9.99. The van der Waals surface area contributed by atoms with E-state index in [-0.39, 0.29) is 15.1 Å². The summed E-state index contributed by atoms with van der Waals surface area (Å²) in [6, 6.07) is -3.11. The van der Waals surface area contributed by atoms with Crippen molar-refractivity contribution in [2.45, 2.75) is 31.5 Å². The third-order valence-electron chi connectivity index (χ3n) is 3.96. The van der Waals surface area contributed by atoms with E-state index in [9.17, 15) is 32.1 Å². The number of nitrogens with two attached hydrogens (primary N) is 2. The van der Waals surface area contributed by atoms with Gasteiger partial charge in [-0.3, -0.25) is 14.1 Å². The molecule has 2 rings (SSSR count). The van der Waals surface area contributed by atoms with Crippen molar-refractivity contribution in [2.24, 2.45) is 10.9 Å². The molecule has 1 saturated heterocycles. The summed E-state index contributed by atoms with van der Waals surface area (Å²) >= 11 is 0.920. The van der Waals surface area contributed by atoms with Gasteiger partial charge in [0.05, 0.1) is 0 Å². The number of nitrogens with zero attached hydrogens (tertiary/aromatic N) is 3. The molecule has 0 spiro atoms. The standard InChI is InChI=1S/C14H18N6O10S2/c1-14(2,11(23)24)30-19-7(5-4-31-12(15)17-5)9(21)18-8-6(3-29-13(16)25)20(10(8)22)32(26,27)28/h4,6,8H,3H2,1-2H3,(H2,15,17)(H2,16,25)(H,18,21)(H,23,24)(H,26,27,28)/b19-7+/t6-,8+/m0/s1. The average Bonchev–Trinajstić information content (AvgIpc) is 3.07. The van der Waals surface area contributed by atoms with Crippen LogP contribution in [0.1, 0.15) is 19.5 Å². The van der Waals surface area contributed by atoms with Gasteiger partial charge in [0.25, 0.3) is 11.8 Å². The van der Waals surface area contributed by atoms with Crippen LogP contribution in [0.3, 0.4) is 0 Å². The summed E-state index contributed by atoms with van der Waals surface area (Å²) in [6.07, 6.45) is -1.30. The number of aliphatic carboxylic acids is 1. The van der Waals surface area contributed by atoms with Gasteiger partial charge in [0.1, 0.15) is 24.4 Å². The first-order valence-electron chi connectivity index (χ1n) is 8.40. The van der Waals surface area contributed by atoms with E-state index in [1.54, 1.807) is 0 Å². The summed E-state index contributed by atoms with van der Waals surface area (Å²) in [4.78, 5) is 55.8. The molecule has 0 saturated carbocycles. The Bertz CT molecular complexity index is 1080. The highest BCUT2D eigenvalue weighted by Crippen LogP contribution is 2.24. The van der Waals surface area contributed by atoms with Gasteiger partial charge in [-0.15, -0.1) is 11.3 Å². The molecule has 7 N–H and O–H groups in total. The molecule has 2 atom stereocenters.